The molecule has 0 aliphatic heterocycles. The van der Waals surface area contributed by atoms with E-state index >= 15 is 0 Å². The predicted molar refractivity (Wildman–Crippen MR) is 76.3 cm³/mol. The summed E-state index contributed by atoms with van der Waals surface area (Å²) in [5.41, 5.74) is 0. The third-order valence-corrected chi connectivity index (χ3v) is 4.75. The fourth-order valence-corrected chi connectivity index (χ4v) is 2.85. The minimum Gasteiger partial charge on any atom is -0.347 e. The minimum atomic E-state index is -3.37. The van der Waals surface area contributed by atoms with Crippen LogP contribution in [0.5, 0.6) is 0 Å². The number of H-pyrrole nitrogens is 1. The topological polar surface area (TPSA) is 86.9 Å². The quantitative estimate of drug-likeness (QED) is 0.670. The molecule has 0 radical (unpaired) electrons. The molecule has 0 bridgehead atoms. The number of nitrogens with one attached hydrogen (secondary N) is 3. The van der Waals surface area contributed by atoms with E-state index in [0.717, 1.165) is 0 Å². The van der Waals surface area contributed by atoms with Crippen molar-refractivity contribution in [2.24, 2.45) is 0 Å². The highest BCUT2D eigenvalue weighted by atomic mass is 32.2. The van der Waals surface area contributed by atoms with Crippen molar-refractivity contribution in [3.63, 3.8) is 0 Å². The highest BCUT2D eigenvalue weighted by Gasteiger charge is 2.25. The summed E-state index contributed by atoms with van der Waals surface area (Å²) in [5.74, 6) is 0.648. The molecule has 0 aliphatic rings. The van der Waals surface area contributed by atoms with Crippen LogP contribution in [-0.4, -0.2) is 36.2 Å². The number of imidazole rings is 1. The summed E-state index contributed by atoms with van der Waals surface area (Å²) in [6.07, 6.45) is 3.96. The number of sulfonamides is 1. The van der Waals surface area contributed by atoms with Crippen LogP contribution in [0.2, 0.25) is 0 Å². The molecule has 6 nitrogen and oxygen atoms in total. The molecule has 2 atom stereocenters. The molecule has 1 rings (SSSR count). The summed E-state index contributed by atoms with van der Waals surface area (Å²) in [7, 11) is -3.37. The van der Waals surface area contributed by atoms with E-state index in [-0.39, 0.29) is 12.1 Å². The minimum absolute atomic E-state index is 0.268. The Bertz CT molecular complexity index is 456. The van der Waals surface area contributed by atoms with E-state index in [4.69, 9.17) is 0 Å². The molecule has 1 aromatic rings. The molecule has 110 valence electrons. The predicted octanol–water partition coefficient (Wildman–Crippen LogP) is 1.17. The van der Waals surface area contributed by atoms with Gasteiger partial charge in [0.1, 0.15) is 5.82 Å². The maximum atomic E-state index is 12.2. The summed E-state index contributed by atoms with van der Waals surface area (Å²) in [5, 5.41) is 2.65. The van der Waals surface area contributed by atoms with Gasteiger partial charge in [0.15, 0.2) is 0 Å². The monoisotopic (exact) mass is 288 g/mol. The fraction of sp³-hybridized carbons (Fsp3) is 0.750. The lowest BCUT2D eigenvalue weighted by molar-refractivity contribution is 0.515. The smallest absolute Gasteiger partial charge is 0.216 e. The van der Waals surface area contributed by atoms with Crippen molar-refractivity contribution in [1.82, 2.24) is 20.0 Å². The Hall–Kier alpha value is -0.920. The normalized spacial score (nSPS) is 15.6. The SMILES string of the molecule is CCC(NS(=O)(=O)C(C)CNC(C)C)c1ncc[nH]1. The first-order valence-corrected chi connectivity index (χ1v) is 8.15. The number of aromatic nitrogens is 2. The zero-order valence-corrected chi connectivity index (χ0v) is 12.8. The van der Waals surface area contributed by atoms with Crippen LogP contribution < -0.4 is 10.0 Å². The molecule has 0 spiro atoms. The van der Waals surface area contributed by atoms with E-state index in [1.807, 2.05) is 20.8 Å². The Balaban J connectivity index is 2.67. The van der Waals surface area contributed by atoms with Crippen LogP contribution in [-0.2, 0) is 10.0 Å². The Kier molecular flexibility index (Phi) is 5.96. The molecular weight excluding hydrogens is 264 g/mol. The van der Waals surface area contributed by atoms with Crippen LogP contribution in [0.4, 0.5) is 0 Å². The molecule has 2 unspecified atom stereocenters. The van der Waals surface area contributed by atoms with Crippen molar-refractivity contribution >= 4 is 10.0 Å². The Morgan fingerprint density at radius 2 is 2.05 bits per heavy atom. The van der Waals surface area contributed by atoms with Crippen molar-refractivity contribution in [3.05, 3.63) is 18.2 Å². The third-order valence-electron chi connectivity index (χ3n) is 2.91. The van der Waals surface area contributed by atoms with E-state index in [1.54, 1.807) is 19.3 Å². The second-order valence-electron chi connectivity index (χ2n) is 4.97. The maximum Gasteiger partial charge on any atom is 0.216 e. The van der Waals surface area contributed by atoms with E-state index in [1.165, 1.54) is 0 Å². The Morgan fingerprint density at radius 1 is 1.37 bits per heavy atom. The molecule has 19 heavy (non-hydrogen) atoms. The Morgan fingerprint density at radius 3 is 2.53 bits per heavy atom. The zero-order chi connectivity index (χ0) is 14.5. The second-order valence-corrected chi connectivity index (χ2v) is 7.10. The molecule has 0 saturated heterocycles. The van der Waals surface area contributed by atoms with Gasteiger partial charge in [0.2, 0.25) is 10.0 Å². The molecule has 3 N–H and O–H groups in total. The molecule has 0 saturated carbocycles. The van der Waals surface area contributed by atoms with Crippen LogP contribution in [0, 0.1) is 0 Å². The standard InChI is InChI=1S/C12H24N4O2S/c1-5-11(12-13-6-7-14-12)16-19(17,18)10(4)8-15-9(2)3/h6-7,9-11,15-16H,5,8H2,1-4H3,(H,13,14). The highest BCUT2D eigenvalue weighted by molar-refractivity contribution is 7.90. The Labute approximate surface area is 115 Å². The zero-order valence-electron chi connectivity index (χ0n) is 12.0. The summed E-state index contributed by atoms with van der Waals surface area (Å²) in [6.45, 7) is 8.04. The van der Waals surface area contributed by atoms with Crippen molar-refractivity contribution in [2.75, 3.05) is 6.54 Å². The summed E-state index contributed by atoms with van der Waals surface area (Å²) in [4.78, 5) is 7.05. The molecule has 0 amide bonds. The number of nitrogens with zero attached hydrogens (tertiary/aromatic N) is 1. The van der Waals surface area contributed by atoms with Gasteiger partial charge >= 0.3 is 0 Å². The summed E-state index contributed by atoms with van der Waals surface area (Å²) in [6, 6.07) is -0.0359. The van der Waals surface area contributed by atoms with Crippen LogP contribution in [0.25, 0.3) is 0 Å². The lowest BCUT2D eigenvalue weighted by atomic mass is 10.2. The van der Waals surface area contributed by atoms with E-state index in [0.29, 0.717) is 18.8 Å². The lowest BCUT2D eigenvalue weighted by Gasteiger charge is -2.20. The van der Waals surface area contributed by atoms with Gasteiger partial charge in [-0.15, -0.1) is 0 Å². The van der Waals surface area contributed by atoms with E-state index < -0.39 is 15.3 Å². The first-order valence-electron chi connectivity index (χ1n) is 6.60. The molecule has 1 aromatic heterocycles. The van der Waals surface area contributed by atoms with Gasteiger partial charge in [-0.1, -0.05) is 20.8 Å². The fourth-order valence-electron chi connectivity index (χ4n) is 1.63. The van der Waals surface area contributed by atoms with Gasteiger partial charge in [0.25, 0.3) is 0 Å². The first-order chi connectivity index (χ1) is 8.86. The number of hydrogen-bond donors (Lipinski definition) is 3. The molecule has 0 fully saturated rings. The van der Waals surface area contributed by atoms with Gasteiger partial charge in [-0.25, -0.2) is 18.1 Å². The second kappa shape index (κ2) is 7.02. The van der Waals surface area contributed by atoms with E-state index in [2.05, 4.69) is 20.0 Å². The summed E-state index contributed by atoms with van der Waals surface area (Å²) >= 11 is 0. The van der Waals surface area contributed by atoms with Gasteiger partial charge in [-0.05, 0) is 13.3 Å². The molecule has 0 aliphatic carbocycles. The van der Waals surface area contributed by atoms with Crippen molar-refractivity contribution in [1.29, 1.82) is 0 Å². The number of hydrogen-bond acceptors (Lipinski definition) is 4. The van der Waals surface area contributed by atoms with Crippen LogP contribution in [0.1, 0.15) is 46.0 Å². The van der Waals surface area contributed by atoms with Gasteiger partial charge in [-0.3, -0.25) is 0 Å². The van der Waals surface area contributed by atoms with E-state index in [9.17, 15) is 8.42 Å². The summed E-state index contributed by atoms with van der Waals surface area (Å²) < 4.78 is 27.1. The molecule has 7 heteroatoms. The number of rotatable bonds is 8. The van der Waals surface area contributed by atoms with Crippen LogP contribution in [0.15, 0.2) is 12.4 Å². The van der Waals surface area contributed by atoms with Crippen LogP contribution in [0.3, 0.4) is 0 Å². The van der Waals surface area contributed by atoms with Gasteiger partial charge < -0.3 is 10.3 Å². The van der Waals surface area contributed by atoms with Crippen molar-refractivity contribution in [3.8, 4) is 0 Å². The van der Waals surface area contributed by atoms with Gasteiger partial charge in [0.05, 0.1) is 11.3 Å². The van der Waals surface area contributed by atoms with Crippen molar-refractivity contribution < 1.29 is 8.42 Å². The van der Waals surface area contributed by atoms with Gasteiger partial charge in [-0.2, -0.15) is 0 Å². The van der Waals surface area contributed by atoms with Gasteiger partial charge in [0, 0.05) is 25.0 Å². The molecule has 1 heterocycles. The third kappa shape index (κ3) is 4.93. The molecular formula is C12H24N4O2S. The van der Waals surface area contributed by atoms with Crippen LogP contribution >= 0.6 is 0 Å². The average Bonchev–Trinajstić information content (AvgIpc) is 2.86. The largest absolute Gasteiger partial charge is 0.347 e. The molecule has 0 aromatic carbocycles. The first kappa shape index (κ1) is 16.1. The lowest BCUT2D eigenvalue weighted by Crippen LogP contribution is -2.42. The highest BCUT2D eigenvalue weighted by Crippen LogP contribution is 2.14. The average molecular weight is 288 g/mol. The van der Waals surface area contributed by atoms with Crippen molar-refractivity contribution in [2.45, 2.75) is 51.4 Å². The maximum absolute atomic E-state index is 12.2. The number of aromatic amines is 1.